The third kappa shape index (κ3) is 3.11. The molecule has 5 nitrogen and oxygen atoms in total. The van der Waals surface area contributed by atoms with Gasteiger partial charge >= 0.3 is 0 Å². The highest BCUT2D eigenvalue weighted by atomic mass is 32.1. The molecular formula is C19H22N2O3S. The molecule has 3 aliphatic rings. The molecule has 132 valence electrons. The smallest absolute Gasteiger partial charge is 0.276 e. The van der Waals surface area contributed by atoms with Gasteiger partial charge in [-0.15, -0.1) is 0 Å². The average molecular weight is 358 g/mol. The number of hydrogen-bond acceptors (Lipinski definition) is 4. The van der Waals surface area contributed by atoms with E-state index in [1.54, 1.807) is 4.90 Å². The predicted octanol–water partition coefficient (Wildman–Crippen LogP) is 3.40. The molecule has 0 unspecified atom stereocenters. The summed E-state index contributed by atoms with van der Waals surface area (Å²) < 4.78 is 10.7. The Morgan fingerprint density at radius 2 is 1.96 bits per heavy atom. The Labute approximate surface area is 153 Å². The van der Waals surface area contributed by atoms with Crippen molar-refractivity contribution in [2.24, 2.45) is 5.92 Å². The fourth-order valence-corrected chi connectivity index (χ4v) is 4.02. The van der Waals surface area contributed by atoms with Crippen LogP contribution in [0.2, 0.25) is 0 Å². The van der Waals surface area contributed by atoms with Gasteiger partial charge in [-0.05, 0) is 54.7 Å². The minimum absolute atomic E-state index is 0.00394. The van der Waals surface area contributed by atoms with Crippen LogP contribution in [0.15, 0.2) is 23.9 Å². The van der Waals surface area contributed by atoms with Crippen LogP contribution < -0.4 is 9.47 Å². The normalized spacial score (nSPS) is 22.4. The fraction of sp³-hybridized carbons (Fsp3) is 0.474. The summed E-state index contributed by atoms with van der Waals surface area (Å²) in [5, 5.41) is 0.600. The van der Waals surface area contributed by atoms with Gasteiger partial charge in [0.05, 0.1) is 0 Å². The third-order valence-corrected chi connectivity index (χ3v) is 5.70. The van der Waals surface area contributed by atoms with Gasteiger partial charge in [0.2, 0.25) is 6.79 Å². The number of amides is 1. The van der Waals surface area contributed by atoms with Crippen molar-refractivity contribution in [3.63, 3.8) is 0 Å². The summed E-state index contributed by atoms with van der Waals surface area (Å²) in [7, 11) is 1.86. The van der Waals surface area contributed by atoms with Gasteiger partial charge in [0.1, 0.15) is 5.70 Å². The number of thiocarbonyl (C=S) groups is 1. The van der Waals surface area contributed by atoms with Crippen LogP contribution in [-0.4, -0.2) is 41.2 Å². The van der Waals surface area contributed by atoms with Gasteiger partial charge in [-0.25, -0.2) is 0 Å². The van der Waals surface area contributed by atoms with Gasteiger partial charge in [-0.1, -0.05) is 25.3 Å². The number of carbonyl (C=O) groups is 1. The van der Waals surface area contributed by atoms with Crippen LogP contribution in [0.3, 0.4) is 0 Å². The zero-order chi connectivity index (χ0) is 17.4. The Morgan fingerprint density at radius 3 is 2.76 bits per heavy atom. The van der Waals surface area contributed by atoms with Crippen molar-refractivity contribution in [1.82, 2.24) is 9.80 Å². The number of ether oxygens (including phenoxy) is 2. The fourth-order valence-electron chi connectivity index (χ4n) is 3.76. The number of rotatable bonds is 3. The number of likely N-dealkylation sites (N-methyl/N-ethyl adjacent to an activating group) is 1. The summed E-state index contributed by atoms with van der Waals surface area (Å²) in [6.07, 6.45) is 8.08. The number of nitrogens with zero attached hydrogens (tertiary/aromatic N) is 2. The van der Waals surface area contributed by atoms with E-state index in [1.807, 2.05) is 36.2 Å². The average Bonchev–Trinajstić information content (AvgIpc) is 3.17. The number of carbonyl (C=O) groups excluding carboxylic acids is 1. The Hall–Kier alpha value is -2.08. The molecule has 6 heteroatoms. The van der Waals surface area contributed by atoms with Gasteiger partial charge in [-0.3, -0.25) is 9.69 Å². The van der Waals surface area contributed by atoms with Crippen LogP contribution in [0.5, 0.6) is 11.5 Å². The lowest BCUT2D eigenvalue weighted by molar-refractivity contribution is -0.123. The summed E-state index contributed by atoms with van der Waals surface area (Å²) in [4.78, 5) is 16.5. The molecule has 1 saturated heterocycles. The van der Waals surface area contributed by atoms with Crippen molar-refractivity contribution < 1.29 is 14.3 Å². The van der Waals surface area contributed by atoms with Crippen molar-refractivity contribution in [3.05, 3.63) is 29.5 Å². The number of fused-ring (bicyclic) bond motifs is 1. The van der Waals surface area contributed by atoms with E-state index in [1.165, 1.54) is 32.1 Å². The number of benzene rings is 1. The van der Waals surface area contributed by atoms with Gasteiger partial charge in [0, 0.05) is 13.6 Å². The standard InChI is InChI=1S/C19H22N2O3S/c1-20-15(9-14-7-8-16-17(10-14)24-12-23-16)18(22)21(19(20)25)11-13-5-3-2-4-6-13/h7-10,13H,2-6,11-12H2,1H3/b15-9+. The first-order valence-corrected chi connectivity index (χ1v) is 9.25. The first kappa shape index (κ1) is 16.4. The Morgan fingerprint density at radius 1 is 1.20 bits per heavy atom. The molecule has 0 bridgehead atoms. The van der Waals surface area contributed by atoms with Gasteiger partial charge in [-0.2, -0.15) is 0 Å². The zero-order valence-electron chi connectivity index (χ0n) is 14.4. The molecule has 4 rings (SSSR count). The molecule has 2 fully saturated rings. The molecule has 1 aromatic rings. The minimum Gasteiger partial charge on any atom is -0.454 e. The van der Waals surface area contributed by atoms with Crippen LogP contribution in [0.25, 0.3) is 6.08 Å². The monoisotopic (exact) mass is 358 g/mol. The van der Waals surface area contributed by atoms with E-state index in [2.05, 4.69) is 0 Å². The molecular weight excluding hydrogens is 336 g/mol. The summed E-state index contributed by atoms with van der Waals surface area (Å²) in [5.41, 5.74) is 1.52. The minimum atomic E-state index is -0.00394. The van der Waals surface area contributed by atoms with Crippen LogP contribution in [0.1, 0.15) is 37.7 Å². The van der Waals surface area contributed by atoms with Crippen molar-refractivity contribution in [2.45, 2.75) is 32.1 Å². The molecule has 1 saturated carbocycles. The molecule has 1 aromatic carbocycles. The maximum Gasteiger partial charge on any atom is 0.276 e. The van der Waals surface area contributed by atoms with Crippen molar-refractivity contribution >= 4 is 29.3 Å². The molecule has 25 heavy (non-hydrogen) atoms. The van der Waals surface area contributed by atoms with Crippen LogP contribution in [0.4, 0.5) is 0 Å². The highest BCUT2D eigenvalue weighted by Gasteiger charge is 2.37. The van der Waals surface area contributed by atoms with Crippen LogP contribution in [0, 0.1) is 5.92 Å². The Kier molecular flexibility index (Phi) is 4.37. The van der Waals surface area contributed by atoms with E-state index in [4.69, 9.17) is 21.7 Å². The van der Waals surface area contributed by atoms with Crippen molar-refractivity contribution in [3.8, 4) is 11.5 Å². The van der Waals surface area contributed by atoms with E-state index >= 15 is 0 Å². The zero-order valence-corrected chi connectivity index (χ0v) is 15.2. The Balaban J connectivity index is 1.55. The lowest BCUT2D eigenvalue weighted by atomic mass is 9.89. The van der Waals surface area contributed by atoms with Crippen molar-refractivity contribution in [1.29, 1.82) is 0 Å². The molecule has 0 atom stereocenters. The molecule has 0 N–H and O–H groups in total. The van der Waals surface area contributed by atoms with E-state index in [0.29, 0.717) is 22.5 Å². The summed E-state index contributed by atoms with van der Waals surface area (Å²) in [6, 6.07) is 5.68. The van der Waals surface area contributed by atoms with Gasteiger partial charge in [0.15, 0.2) is 16.6 Å². The quantitative estimate of drug-likeness (QED) is 0.612. The van der Waals surface area contributed by atoms with E-state index in [9.17, 15) is 4.79 Å². The first-order chi connectivity index (χ1) is 12.1. The first-order valence-electron chi connectivity index (χ1n) is 8.84. The van der Waals surface area contributed by atoms with Crippen LogP contribution in [-0.2, 0) is 4.79 Å². The molecule has 0 spiro atoms. The number of hydrogen-bond donors (Lipinski definition) is 0. The van der Waals surface area contributed by atoms with E-state index in [-0.39, 0.29) is 12.7 Å². The largest absolute Gasteiger partial charge is 0.454 e. The molecule has 2 aliphatic heterocycles. The molecule has 0 radical (unpaired) electrons. The highest BCUT2D eigenvalue weighted by Crippen LogP contribution is 2.34. The second-order valence-electron chi connectivity index (χ2n) is 6.90. The lowest BCUT2D eigenvalue weighted by Crippen LogP contribution is -2.36. The highest BCUT2D eigenvalue weighted by molar-refractivity contribution is 7.80. The molecule has 0 aromatic heterocycles. The Bertz CT molecular complexity index is 740. The third-order valence-electron chi connectivity index (χ3n) is 5.21. The maximum atomic E-state index is 12.9. The van der Waals surface area contributed by atoms with E-state index in [0.717, 1.165) is 17.9 Å². The topological polar surface area (TPSA) is 42.0 Å². The summed E-state index contributed by atoms with van der Waals surface area (Å²) >= 11 is 5.53. The van der Waals surface area contributed by atoms with Crippen molar-refractivity contribution in [2.75, 3.05) is 20.4 Å². The molecule has 1 amide bonds. The SMILES string of the molecule is CN1C(=S)N(CC2CCCCC2)C(=O)/C1=C\c1ccc2c(c1)OCO2. The van der Waals surface area contributed by atoms with Crippen LogP contribution >= 0.6 is 12.2 Å². The predicted molar refractivity (Wildman–Crippen MR) is 99.2 cm³/mol. The van der Waals surface area contributed by atoms with Gasteiger partial charge < -0.3 is 14.4 Å². The molecule has 1 aliphatic carbocycles. The maximum absolute atomic E-state index is 12.9. The van der Waals surface area contributed by atoms with Gasteiger partial charge in [0.25, 0.3) is 5.91 Å². The van der Waals surface area contributed by atoms with E-state index < -0.39 is 0 Å². The second kappa shape index (κ2) is 6.67. The second-order valence-corrected chi connectivity index (χ2v) is 7.27. The summed E-state index contributed by atoms with van der Waals surface area (Å²) in [5.74, 6) is 2.01. The lowest BCUT2D eigenvalue weighted by Gasteiger charge is -2.26. The molecule has 2 heterocycles. The summed E-state index contributed by atoms with van der Waals surface area (Å²) in [6.45, 7) is 0.980.